The van der Waals surface area contributed by atoms with E-state index in [1.54, 1.807) is 30.3 Å². The molecule has 0 saturated carbocycles. The maximum Gasteiger partial charge on any atom is 0.243 e. The Morgan fingerprint density at radius 2 is 1.67 bits per heavy atom. The van der Waals surface area contributed by atoms with Crippen molar-refractivity contribution in [2.24, 2.45) is 0 Å². The molecular weight excluding hydrogens is 351 g/mol. The molecule has 1 aliphatic heterocycles. The van der Waals surface area contributed by atoms with E-state index >= 15 is 0 Å². The van der Waals surface area contributed by atoms with Crippen LogP contribution in [-0.4, -0.2) is 31.9 Å². The zero-order chi connectivity index (χ0) is 17.2. The fraction of sp³-hybridized carbons (Fsp3) is 0.294. The van der Waals surface area contributed by atoms with Crippen LogP contribution in [-0.2, 0) is 10.0 Å². The lowest BCUT2D eigenvalue weighted by Crippen LogP contribution is -2.42. The minimum atomic E-state index is -3.51. The van der Waals surface area contributed by atoms with E-state index in [0.29, 0.717) is 36.6 Å². The van der Waals surface area contributed by atoms with Crippen LogP contribution in [0, 0.1) is 5.82 Å². The summed E-state index contributed by atoms with van der Waals surface area (Å²) in [6.45, 7) is 0.800. The summed E-state index contributed by atoms with van der Waals surface area (Å²) in [6.07, 6.45) is 1.25. The lowest BCUT2D eigenvalue weighted by atomic mass is 10.1. The van der Waals surface area contributed by atoms with Gasteiger partial charge in [0.15, 0.2) is 0 Å². The number of nitrogens with one attached hydrogen (secondary N) is 1. The van der Waals surface area contributed by atoms with Gasteiger partial charge in [-0.25, -0.2) is 12.8 Å². The minimum Gasteiger partial charge on any atom is -0.380 e. The first-order valence-corrected chi connectivity index (χ1v) is 9.55. The molecule has 24 heavy (non-hydrogen) atoms. The number of sulfonamides is 1. The van der Waals surface area contributed by atoms with Crippen LogP contribution in [0.1, 0.15) is 12.8 Å². The number of piperidine rings is 1. The molecule has 1 saturated heterocycles. The topological polar surface area (TPSA) is 49.4 Å². The monoisotopic (exact) mass is 368 g/mol. The molecule has 1 fully saturated rings. The second-order valence-corrected chi connectivity index (χ2v) is 8.13. The molecule has 0 bridgehead atoms. The number of rotatable bonds is 4. The van der Waals surface area contributed by atoms with Gasteiger partial charge in [-0.1, -0.05) is 23.7 Å². The van der Waals surface area contributed by atoms with Crippen molar-refractivity contribution < 1.29 is 12.8 Å². The number of nitrogens with zero attached hydrogens (tertiary/aromatic N) is 1. The first-order valence-electron chi connectivity index (χ1n) is 7.73. The molecule has 0 unspecified atom stereocenters. The standard InChI is InChI=1S/C17H18ClFN2O2S/c18-13-5-7-15(8-6-13)24(22,23)21-11-9-14(10-12-21)20-17-4-2-1-3-16(17)19/h1-8,14,20H,9-12H2. The average molecular weight is 369 g/mol. The van der Waals surface area contributed by atoms with E-state index < -0.39 is 10.0 Å². The molecule has 2 aromatic rings. The maximum absolute atomic E-state index is 13.7. The van der Waals surface area contributed by atoms with Crippen LogP contribution in [0.4, 0.5) is 10.1 Å². The van der Waals surface area contributed by atoms with Crippen molar-refractivity contribution in [2.75, 3.05) is 18.4 Å². The molecule has 7 heteroatoms. The molecule has 128 valence electrons. The van der Waals surface area contributed by atoms with E-state index in [1.165, 1.54) is 22.5 Å². The summed E-state index contributed by atoms with van der Waals surface area (Å²) in [5.74, 6) is -0.297. The van der Waals surface area contributed by atoms with Crippen LogP contribution >= 0.6 is 11.6 Å². The first-order chi connectivity index (χ1) is 11.5. The highest BCUT2D eigenvalue weighted by molar-refractivity contribution is 7.89. The van der Waals surface area contributed by atoms with Gasteiger partial charge in [-0.2, -0.15) is 4.31 Å². The Labute approximate surface area is 146 Å². The predicted octanol–water partition coefficient (Wildman–Crippen LogP) is 3.74. The van der Waals surface area contributed by atoms with Gasteiger partial charge >= 0.3 is 0 Å². The summed E-state index contributed by atoms with van der Waals surface area (Å²) in [6, 6.07) is 12.7. The summed E-state index contributed by atoms with van der Waals surface area (Å²) < 4.78 is 40.4. The largest absolute Gasteiger partial charge is 0.380 e. The molecule has 1 heterocycles. The van der Waals surface area contributed by atoms with Crippen molar-refractivity contribution >= 4 is 27.3 Å². The molecule has 0 atom stereocenters. The third kappa shape index (κ3) is 3.71. The molecule has 0 spiro atoms. The summed E-state index contributed by atoms with van der Waals surface area (Å²) in [5.41, 5.74) is 0.455. The van der Waals surface area contributed by atoms with Crippen molar-refractivity contribution in [1.29, 1.82) is 0 Å². The molecule has 1 N–H and O–H groups in total. The van der Waals surface area contributed by atoms with Gasteiger partial charge in [0.2, 0.25) is 10.0 Å². The highest BCUT2D eigenvalue weighted by Gasteiger charge is 2.29. The van der Waals surface area contributed by atoms with Crippen LogP contribution in [0.15, 0.2) is 53.4 Å². The Morgan fingerprint density at radius 1 is 1.04 bits per heavy atom. The van der Waals surface area contributed by atoms with E-state index in [9.17, 15) is 12.8 Å². The molecule has 4 nitrogen and oxygen atoms in total. The smallest absolute Gasteiger partial charge is 0.243 e. The van der Waals surface area contributed by atoms with Gasteiger partial charge in [0.1, 0.15) is 5.82 Å². The van der Waals surface area contributed by atoms with Gasteiger partial charge in [0, 0.05) is 24.2 Å². The number of para-hydroxylation sites is 1. The molecule has 2 aromatic carbocycles. The number of benzene rings is 2. The van der Waals surface area contributed by atoms with Gasteiger partial charge in [0.25, 0.3) is 0 Å². The Morgan fingerprint density at radius 3 is 2.29 bits per heavy atom. The summed E-state index contributed by atoms with van der Waals surface area (Å²) in [7, 11) is -3.51. The predicted molar refractivity (Wildman–Crippen MR) is 93.3 cm³/mol. The molecule has 1 aliphatic rings. The van der Waals surface area contributed by atoms with E-state index in [-0.39, 0.29) is 16.8 Å². The number of hydrogen-bond acceptors (Lipinski definition) is 3. The van der Waals surface area contributed by atoms with Crippen molar-refractivity contribution in [3.63, 3.8) is 0 Å². The number of hydrogen-bond donors (Lipinski definition) is 1. The zero-order valence-electron chi connectivity index (χ0n) is 13.0. The van der Waals surface area contributed by atoms with Crippen LogP contribution in [0.25, 0.3) is 0 Å². The van der Waals surface area contributed by atoms with Gasteiger partial charge in [-0.15, -0.1) is 0 Å². The third-order valence-electron chi connectivity index (χ3n) is 4.14. The van der Waals surface area contributed by atoms with Crippen LogP contribution in [0.2, 0.25) is 5.02 Å². The third-order valence-corrected chi connectivity index (χ3v) is 6.30. The summed E-state index contributed by atoms with van der Waals surface area (Å²) in [5, 5.41) is 3.66. The molecule has 3 rings (SSSR count). The normalized spacial score (nSPS) is 16.9. The van der Waals surface area contributed by atoms with Gasteiger partial charge < -0.3 is 5.32 Å². The molecule has 0 aliphatic carbocycles. The van der Waals surface area contributed by atoms with Crippen molar-refractivity contribution in [1.82, 2.24) is 4.31 Å². The van der Waals surface area contributed by atoms with E-state index in [1.807, 2.05) is 0 Å². The number of anilines is 1. The maximum atomic E-state index is 13.7. The van der Waals surface area contributed by atoms with Gasteiger partial charge in [-0.05, 0) is 49.2 Å². The zero-order valence-corrected chi connectivity index (χ0v) is 14.5. The summed E-state index contributed by atoms with van der Waals surface area (Å²) in [4.78, 5) is 0.243. The lowest BCUT2D eigenvalue weighted by Gasteiger charge is -2.32. The van der Waals surface area contributed by atoms with Gasteiger partial charge in [0.05, 0.1) is 10.6 Å². The van der Waals surface area contributed by atoms with Crippen LogP contribution in [0.5, 0.6) is 0 Å². The summed E-state index contributed by atoms with van der Waals surface area (Å²) >= 11 is 5.81. The van der Waals surface area contributed by atoms with Crippen LogP contribution < -0.4 is 5.32 Å². The molecule has 0 aromatic heterocycles. The highest BCUT2D eigenvalue weighted by atomic mass is 35.5. The Kier molecular flexibility index (Phi) is 5.08. The highest BCUT2D eigenvalue weighted by Crippen LogP contribution is 2.24. The Bertz CT molecular complexity index is 804. The molecule has 0 radical (unpaired) electrons. The average Bonchev–Trinajstić information content (AvgIpc) is 2.58. The molecule has 0 amide bonds. The fourth-order valence-electron chi connectivity index (χ4n) is 2.79. The molecular formula is C17H18ClFN2O2S. The van der Waals surface area contributed by atoms with Crippen LogP contribution in [0.3, 0.4) is 0 Å². The minimum absolute atomic E-state index is 0.0542. The van der Waals surface area contributed by atoms with E-state index in [2.05, 4.69) is 5.32 Å². The Hall–Kier alpha value is -1.63. The fourth-order valence-corrected chi connectivity index (χ4v) is 4.39. The van der Waals surface area contributed by atoms with E-state index in [4.69, 9.17) is 11.6 Å². The van der Waals surface area contributed by atoms with Crippen molar-refractivity contribution in [3.8, 4) is 0 Å². The van der Waals surface area contributed by atoms with Gasteiger partial charge in [-0.3, -0.25) is 0 Å². The SMILES string of the molecule is O=S(=O)(c1ccc(Cl)cc1)N1CCC(Nc2ccccc2F)CC1. The second-order valence-electron chi connectivity index (χ2n) is 5.76. The quantitative estimate of drug-likeness (QED) is 0.894. The lowest BCUT2D eigenvalue weighted by molar-refractivity contribution is 0.329. The van der Waals surface area contributed by atoms with Crippen molar-refractivity contribution in [2.45, 2.75) is 23.8 Å². The second kappa shape index (κ2) is 7.09. The first kappa shape index (κ1) is 17.2. The van der Waals surface area contributed by atoms with E-state index in [0.717, 1.165) is 0 Å². The Balaban J connectivity index is 1.64. The number of halogens is 2. The van der Waals surface area contributed by atoms with Crippen molar-refractivity contribution in [3.05, 3.63) is 59.4 Å².